The molecule has 2 aliphatic rings. The largest absolute Gasteiger partial charge is 0.382 e. The smallest absolute Gasteiger partial charge is 0.267 e. The summed E-state index contributed by atoms with van der Waals surface area (Å²) >= 11 is 0. The van der Waals surface area contributed by atoms with Gasteiger partial charge in [0.05, 0.1) is 18.0 Å². The molecule has 0 saturated carbocycles. The Balaban J connectivity index is 1.65. The summed E-state index contributed by atoms with van der Waals surface area (Å²) in [5, 5.41) is 3.90. The highest BCUT2D eigenvalue weighted by atomic mass is 16.6. The summed E-state index contributed by atoms with van der Waals surface area (Å²) in [5.74, 6) is 1.51. The summed E-state index contributed by atoms with van der Waals surface area (Å²) in [7, 11) is 3.95. The molecule has 0 N–H and O–H groups in total. The lowest BCUT2D eigenvalue weighted by Crippen LogP contribution is -2.43. The summed E-state index contributed by atoms with van der Waals surface area (Å²) in [6.07, 6.45) is 4.21. The van der Waals surface area contributed by atoms with E-state index in [0.29, 0.717) is 25.3 Å². The predicted octanol–water partition coefficient (Wildman–Crippen LogP) is 1.65. The van der Waals surface area contributed by atoms with Gasteiger partial charge in [-0.2, -0.15) is 0 Å². The van der Waals surface area contributed by atoms with Crippen molar-refractivity contribution in [2.45, 2.75) is 32.4 Å². The van der Waals surface area contributed by atoms with Gasteiger partial charge in [-0.3, -0.25) is 9.78 Å². The highest BCUT2D eigenvalue weighted by Crippen LogP contribution is 2.29. The van der Waals surface area contributed by atoms with Crippen molar-refractivity contribution in [3.8, 4) is 11.4 Å². The van der Waals surface area contributed by atoms with E-state index in [0.717, 1.165) is 34.8 Å². The Hall–Kier alpha value is -3.03. The molecule has 4 heterocycles. The summed E-state index contributed by atoms with van der Waals surface area (Å²) < 4.78 is 0. The van der Waals surface area contributed by atoms with Crippen molar-refractivity contribution in [3.05, 3.63) is 35.8 Å². The molecule has 0 unspecified atom stereocenters. The van der Waals surface area contributed by atoms with Crippen LogP contribution in [0.5, 0.6) is 0 Å². The topological polar surface area (TPSA) is 83.8 Å². The first-order valence-corrected chi connectivity index (χ1v) is 8.98. The van der Waals surface area contributed by atoms with Gasteiger partial charge in [0, 0.05) is 50.6 Å². The summed E-state index contributed by atoms with van der Waals surface area (Å²) in [5.41, 5.74) is 3.74. The minimum atomic E-state index is -0.513. The predicted molar refractivity (Wildman–Crippen MR) is 101 cm³/mol. The van der Waals surface area contributed by atoms with Crippen LogP contribution in [-0.2, 0) is 22.6 Å². The molecule has 2 aromatic rings. The monoisotopic (exact) mass is 366 g/mol. The lowest BCUT2D eigenvalue weighted by Gasteiger charge is -2.31. The first kappa shape index (κ1) is 17.4. The maximum absolute atomic E-state index is 12.8. The molecule has 8 heteroatoms. The Morgan fingerprint density at radius 3 is 2.70 bits per heavy atom. The van der Waals surface area contributed by atoms with E-state index in [9.17, 15) is 4.79 Å². The fraction of sp³-hybridized carbons (Fsp3) is 0.421. The number of pyridine rings is 1. The zero-order chi connectivity index (χ0) is 19.0. The molecule has 140 valence electrons. The number of amides is 1. The highest BCUT2D eigenvalue weighted by molar-refractivity contribution is 5.91. The first-order valence-electron chi connectivity index (χ1n) is 8.98. The van der Waals surface area contributed by atoms with E-state index in [2.05, 4.69) is 10.1 Å². The van der Waals surface area contributed by atoms with Crippen molar-refractivity contribution in [2.24, 2.45) is 5.16 Å². The van der Waals surface area contributed by atoms with E-state index in [4.69, 9.17) is 14.8 Å². The van der Waals surface area contributed by atoms with Crippen LogP contribution in [0.1, 0.15) is 24.6 Å². The van der Waals surface area contributed by atoms with Crippen LogP contribution in [0, 0.1) is 0 Å². The minimum Gasteiger partial charge on any atom is -0.382 e. The Kier molecular flexibility index (Phi) is 4.47. The van der Waals surface area contributed by atoms with Gasteiger partial charge in [-0.15, -0.1) is 0 Å². The third-order valence-electron chi connectivity index (χ3n) is 4.81. The van der Waals surface area contributed by atoms with Crippen LogP contribution in [-0.4, -0.2) is 58.2 Å². The van der Waals surface area contributed by atoms with Crippen molar-refractivity contribution < 1.29 is 9.63 Å². The normalized spacial score (nSPS) is 18.6. The second-order valence-corrected chi connectivity index (χ2v) is 7.06. The number of aromatic nitrogens is 3. The fourth-order valence-electron chi connectivity index (χ4n) is 3.43. The lowest BCUT2D eigenvalue weighted by atomic mass is 10.0. The molecule has 27 heavy (non-hydrogen) atoms. The SMILES string of the molecule is CC1=NO[C@@H](C(=O)N2CCc3c(nc(-c4ccncc4)nc3N(C)C)C2)C1. The quantitative estimate of drug-likeness (QED) is 0.821. The Morgan fingerprint density at radius 1 is 1.26 bits per heavy atom. The second kappa shape index (κ2) is 6.94. The summed E-state index contributed by atoms with van der Waals surface area (Å²) in [6.45, 7) is 2.95. The highest BCUT2D eigenvalue weighted by Gasteiger charge is 2.33. The zero-order valence-corrected chi connectivity index (χ0v) is 15.7. The number of hydrogen-bond donors (Lipinski definition) is 0. The van der Waals surface area contributed by atoms with Crippen molar-refractivity contribution in [2.75, 3.05) is 25.5 Å². The van der Waals surface area contributed by atoms with E-state index in [-0.39, 0.29) is 5.91 Å². The number of rotatable bonds is 3. The van der Waals surface area contributed by atoms with Crippen molar-refractivity contribution in [1.82, 2.24) is 19.9 Å². The van der Waals surface area contributed by atoms with Gasteiger partial charge in [0.2, 0.25) is 6.10 Å². The molecule has 0 saturated heterocycles. The standard InChI is InChI=1S/C19H22N6O2/c1-12-10-16(27-23-12)19(26)25-9-6-14-15(11-25)21-17(22-18(14)24(2)3)13-4-7-20-8-5-13/h4-5,7-8,16H,6,9-11H2,1-3H3/t16-/m1/s1. The van der Waals surface area contributed by atoms with Crippen LogP contribution in [0.2, 0.25) is 0 Å². The van der Waals surface area contributed by atoms with Gasteiger partial charge in [-0.05, 0) is 25.5 Å². The van der Waals surface area contributed by atoms with Gasteiger partial charge in [0.15, 0.2) is 5.82 Å². The summed E-state index contributed by atoms with van der Waals surface area (Å²) in [4.78, 5) is 35.5. The van der Waals surface area contributed by atoms with E-state index < -0.39 is 6.10 Å². The second-order valence-electron chi connectivity index (χ2n) is 7.06. The van der Waals surface area contributed by atoms with Gasteiger partial charge in [-0.25, -0.2) is 9.97 Å². The van der Waals surface area contributed by atoms with Crippen molar-refractivity contribution >= 4 is 17.4 Å². The third kappa shape index (κ3) is 3.34. The van der Waals surface area contributed by atoms with Gasteiger partial charge < -0.3 is 14.6 Å². The van der Waals surface area contributed by atoms with Gasteiger partial charge in [0.25, 0.3) is 5.91 Å². The molecule has 0 radical (unpaired) electrons. The molecule has 0 aromatic carbocycles. The number of carbonyl (C=O) groups excluding carboxylic acids is 1. The summed E-state index contributed by atoms with van der Waals surface area (Å²) in [6, 6.07) is 3.78. The molecular formula is C19H22N6O2. The first-order chi connectivity index (χ1) is 13.0. The van der Waals surface area contributed by atoms with Gasteiger partial charge in [-0.1, -0.05) is 5.16 Å². The molecule has 0 aliphatic carbocycles. The Bertz CT molecular complexity index is 897. The van der Waals surface area contributed by atoms with Crippen LogP contribution in [0.4, 0.5) is 5.82 Å². The molecule has 1 amide bonds. The van der Waals surface area contributed by atoms with E-state index in [1.807, 2.05) is 43.0 Å². The van der Waals surface area contributed by atoms with E-state index in [1.54, 1.807) is 12.4 Å². The van der Waals surface area contributed by atoms with Gasteiger partial charge >= 0.3 is 0 Å². The molecular weight excluding hydrogens is 344 g/mol. The molecule has 2 aromatic heterocycles. The fourth-order valence-corrected chi connectivity index (χ4v) is 3.43. The van der Waals surface area contributed by atoms with E-state index in [1.165, 1.54) is 0 Å². The number of nitrogens with zero attached hydrogens (tertiary/aromatic N) is 6. The average molecular weight is 366 g/mol. The van der Waals surface area contributed by atoms with Crippen LogP contribution < -0.4 is 4.90 Å². The lowest BCUT2D eigenvalue weighted by molar-refractivity contribution is -0.143. The van der Waals surface area contributed by atoms with Crippen molar-refractivity contribution in [1.29, 1.82) is 0 Å². The third-order valence-corrected chi connectivity index (χ3v) is 4.81. The Labute approximate surface area is 157 Å². The zero-order valence-electron chi connectivity index (χ0n) is 15.7. The molecule has 1 atom stereocenters. The Morgan fingerprint density at radius 2 is 2.04 bits per heavy atom. The number of carbonyl (C=O) groups is 1. The number of oxime groups is 1. The van der Waals surface area contributed by atoms with Crippen LogP contribution >= 0.6 is 0 Å². The number of anilines is 1. The molecule has 8 nitrogen and oxygen atoms in total. The maximum atomic E-state index is 12.8. The molecule has 0 spiro atoms. The molecule has 0 bridgehead atoms. The van der Waals surface area contributed by atoms with Crippen molar-refractivity contribution in [3.63, 3.8) is 0 Å². The van der Waals surface area contributed by atoms with Crippen LogP contribution in [0.25, 0.3) is 11.4 Å². The van der Waals surface area contributed by atoms with Crippen LogP contribution in [0.3, 0.4) is 0 Å². The molecule has 0 fully saturated rings. The average Bonchev–Trinajstić information content (AvgIpc) is 3.13. The van der Waals surface area contributed by atoms with E-state index >= 15 is 0 Å². The molecule has 2 aliphatic heterocycles. The maximum Gasteiger partial charge on any atom is 0.267 e. The minimum absolute atomic E-state index is 0.0308. The number of hydrogen-bond acceptors (Lipinski definition) is 7. The molecule has 4 rings (SSSR count). The van der Waals surface area contributed by atoms with Crippen LogP contribution in [0.15, 0.2) is 29.7 Å². The number of fused-ring (bicyclic) bond motifs is 1. The van der Waals surface area contributed by atoms with Gasteiger partial charge in [0.1, 0.15) is 5.82 Å².